The molecule has 3 amide bonds. The van der Waals surface area contributed by atoms with Gasteiger partial charge < -0.3 is 10.6 Å². The smallest absolute Gasteiger partial charge is 0.321 e. The number of hydrogen-bond acceptors (Lipinski definition) is 3. The van der Waals surface area contributed by atoms with Crippen molar-refractivity contribution in [2.24, 2.45) is 5.92 Å². The van der Waals surface area contributed by atoms with Crippen LogP contribution in [0.2, 0.25) is 0 Å². The highest BCUT2D eigenvalue weighted by atomic mass is 16.2. The second-order valence-electron chi connectivity index (χ2n) is 4.83. The number of imide groups is 1. The highest BCUT2D eigenvalue weighted by Crippen LogP contribution is 2.06. The minimum atomic E-state index is -0.474. The van der Waals surface area contributed by atoms with Crippen LogP contribution < -0.4 is 16.0 Å². The topological polar surface area (TPSA) is 70.2 Å². The fourth-order valence-corrected chi connectivity index (χ4v) is 1.45. The Labute approximate surface area is 104 Å². The van der Waals surface area contributed by atoms with Gasteiger partial charge in [0.15, 0.2) is 0 Å². The van der Waals surface area contributed by atoms with Gasteiger partial charge in [0.1, 0.15) is 0 Å². The standard InChI is InChI=1S/C12H25N3O2/c1-8(2)6-7-9(3)14-10(4)11(16)15-12(17)13-5/h8-10,14H,6-7H2,1-5H3,(H2,13,15,16,17). The molecule has 0 aliphatic carbocycles. The quantitative estimate of drug-likeness (QED) is 0.657. The summed E-state index contributed by atoms with van der Waals surface area (Å²) in [6.07, 6.45) is 2.15. The molecule has 3 N–H and O–H groups in total. The molecule has 0 rings (SSSR count). The van der Waals surface area contributed by atoms with E-state index in [4.69, 9.17) is 0 Å². The fourth-order valence-electron chi connectivity index (χ4n) is 1.45. The van der Waals surface area contributed by atoms with Crippen LogP contribution in [0.1, 0.15) is 40.5 Å². The average molecular weight is 243 g/mol. The minimum Gasteiger partial charge on any atom is -0.341 e. The predicted octanol–water partition coefficient (Wildman–Crippen LogP) is 1.24. The molecule has 0 fully saturated rings. The lowest BCUT2D eigenvalue weighted by Gasteiger charge is -2.19. The first-order chi connectivity index (χ1) is 7.86. The molecule has 0 saturated heterocycles. The maximum Gasteiger partial charge on any atom is 0.321 e. The van der Waals surface area contributed by atoms with E-state index in [0.29, 0.717) is 5.92 Å². The molecular weight excluding hydrogens is 218 g/mol. The zero-order valence-electron chi connectivity index (χ0n) is 11.5. The molecule has 2 unspecified atom stereocenters. The number of urea groups is 1. The van der Waals surface area contributed by atoms with E-state index >= 15 is 0 Å². The van der Waals surface area contributed by atoms with Crippen LogP contribution in [0, 0.1) is 5.92 Å². The molecule has 0 aromatic carbocycles. The molecule has 0 aliphatic rings. The highest BCUT2D eigenvalue weighted by Gasteiger charge is 2.16. The van der Waals surface area contributed by atoms with Gasteiger partial charge in [-0.3, -0.25) is 10.1 Å². The summed E-state index contributed by atoms with van der Waals surface area (Å²) in [5.41, 5.74) is 0. The van der Waals surface area contributed by atoms with Gasteiger partial charge in [-0.05, 0) is 32.6 Å². The first kappa shape index (κ1) is 15.9. The number of nitrogens with one attached hydrogen (secondary N) is 3. The van der Waals surface area contributed by atoms with Crippen molar-refractivity contribution < 1.29 is 9.59 Å². The molecule has 0 radical (unpaired) electrons. The second kappa shape index (κ2) is 8.06. The summed E-state index contributed by atoms with van der Waals surface area (Å²) in [7, 11) is 1.48. The van der Waals surface area contributed by atoms with Gasteiger partial charge in [-0.25, -0.2) is 4.79 Å². The van der Waals surface area contributed by atoms with E-state index < -0.39 is 6.03 Å². The van der Waals surface area contributed by atoms with Crippen molar-refractivity contribution in [2.45, 2.75) is 52.6 Å². The first-order valence-corrected chi connectivity index (χ1v) is 6.15. The van der Waals surface area contributed by atoms with Crippen molar-refractivity contribution in [1.29, 1.82) is 0 Å². The van der Waals surface area contributed by atoms with E-state index in [0.717, 1.165) is 12.8 Å². The van der Waals surface area contributed by atoms with Crippen LogP contribution >= 0.6 is 0 Å². The summed E-state index contributed by atoms with van der Waals surface area (Å²) in [4.78, 5) is 22.5. The summed E-state index contributed by atoms with van der Waals surface area (Å²) in [5, 5.41) is 7.77. The maximum absolute atomic E-state index is 11.6. The zero-order valence-corrected chi connectivity index (χ0v) is 11.5. The Balaban J connectivity index is 3.94. The summed E-state index contributed by atoms with van der Waals surface area (Å²) in [5.74, 6) is 0.356. The Kier molecular flexibility index (Phi) is 7.54. The van der Waals surface area contributed by atoms with Crippen LogP contribution in [0.15, 0.2) is 0 Å². The molecule has 2 atom stereocenters. The molecule has 0 heterocycles. The van der Waals surface area contributed by atoms with E-state index in [1.54, 1.807) is 6.92 Å². The average Bonchev–Trinajstić information content (AvgIpc) is 2.25. The van der Waals surface area contributed by atoms with E-state index in [1.165, 1.54) is 7.05 Å². The van der Waals surface area contributed by atoms with E-state index in [9.17, 15) is 9.59 Å². The lowest BCUT2D eigenvalue weighted by atomic mass is 10.0. The lowest BCUT2D eigenvalue weighted by Crippen LogP contribution is -2.49. The van der Waals surface area contributed by atoms with Crippen LogP contribution in [-0.2, 0) is 4.79 Å². The third kappa shape index (κ3) is 7.74. The van der Waals surface area contributed by atoms with Crippen molar-refractivity contribution in [2.75, 3.05) is 7.05 Å². The fraction of sp³-hybridized carbons (Fsp3) is 0.833. The molecule has 100 valence electrons. The van der Waals surface area contributed by atoms with E-state index in [-0.39, 0.29) is 18.0 Å². The zero-order chi connectivity index (χ0) is 13.4. The molecule has 0 aromatic heterocycles. The van der Waals surface area contributed by atoms with Gasteiger partial charge in [0, 0.05) is 13.1 Å². The molecule has 0 bridgehead atoms. The number of rotatable bonds is 6. The Hall–Kier alpha value is -1.10. The van der Waals surface area contributed by atoms with Gasteiger partial charge in [-0.2, -0.15) is 0 Å². The predicted molar refractivity (Wildman–Crippen MR) is 68.7 cm³/mol. The third-order valence-electron chi connectivity index (χ3n) is 2.57. The third-order valence-corrected chi connectivity index (χ3v) is 2.57. The normalized spacial score (nSPS) is 14.2. The number of carbonyl (C=O) groups excluding carboxylic acids is 2. The van der Waals surface area contributed by atoms with E-state index in [1.807, 2.05) is 6.92 Å². The van der Waals surface area contributed by atoms with Gasteiger partial charge in [-0.15, -0.1) is 0 Å². The second-order valence-corrected chi connectivity index (χ2v) is 4.83. The summed E-state index contributed by atoms with van der Waals surface area (Å²) in [6.45, 7) is 8.15. The Bertz CT molecular complexity index is 254. The van der Waals surface area contributed by atoms with Crippen LogP contribution in [0.4, 0.5) is 4.79 Å². The van der Waals surface area contributed by atoms with Crippen LogP contribution in [0.25, 0.3) is 0 Å². The van der Waals surface area contributed by atoms with E-state index in [2.05, 4.69) is 29.8 Å². The SMILES string of the molecule is CNC(=O)NC(=O)C(C)NC(C)CCC(C)C. The van der Waals surface area contributed by atoms with Gasteiger partial charge >= 0.3 is 6.03 Å². The van der Waals surface area contributed by atoms with Gasteiger partial charge in [0.2, 0.25) is 5.91 Å². The monoisotopic (exact) mass is 243 g/mol. The molecule has 17 heavy (non-hydrogen) atoms. The van der Waals surface area contributed by atoms with Crippen LogP contribution in [-0.4, -0.2) is 31.1 Å². The molecule has 5 nitrogen and oxygen atoms in total. The van der Waals surface area contributed by atoms with Gasteiger partial charge in [0.05, 0.1) is 6.04 Å². The molecule has 5 heteroatoms. The lowest BCUT2D eigenvalue weighted by molar-refractivity contribution is -0.121. The molecular formula is C12H25N3O2. The number of carbonyl (C=O) groups is 2. The molecule has 0 saturated carbocycles. The van der Waals surface area contributed by atoms with Crippen molar-refractivity contribution in [3.8, 4) is 0 Å². The van der Waals surface area contributed by atoms with Crippen LogP contribution in [0.3, 0.4) is 0 Å². The molecule has 0 aliphatic heterocycles. The number of hydrogen-bond donors (Lipinski definition) is 3. The molecule has 0 aromatic rings. The largest absolute Gasteiger partial charge is 0.341 e. The Morgan fingerprint density at radius 2 is 1.65 bits per heavy atom. The Morgan fingerprint density at radius 3 is 2.12 bits per heavy atom. The number of amides is 3. The van der Waals surface area contributed by atoms with Crippen LogP contribution in [0.5, 0.6) is 0 Å². The van der Waals surface area contributed by atoms with Crippen molar-refractivity contribution in [1.82, 2.24) is 16.0 Å². The van der Waals surface area contributed by atoms with Gasteiger partial charge in [0.25, 0.3) is 0 Å². The summed E-state index contributed by atoms with van der Waals surface area (Å²) < 4.78 is 0. The molecule has 0 spiro atoms. The maximum atomic E-state index is 11.6. The van der Waals surface area contributed by atoms with Gasteiger partial charge in [-0.1, -0.05) is 13.8 Å². The minimum absolute atomic E-state index is 0.267. The Morgan fingerprint density at radius 1 is 1.06 bits per heavy atom. The van der Waals surface area contributed by atoms with Crippen molar-refractivity contribution in [3.63, 3.8) is 0 Å². The summed E-state index contributed by atoms with van der Waals surface area (Å²) in [6, 6.07) is -0.573. The van der Waals surface area contributed by atoms with Crippen molar-refractivity contribution in [3.05, 3.63) is 0 Å². The summed E-state index contributed by atoms with van der Waals surface area (Å²) >= 11 is 0. The van der Waals surface area contributed by atoms with Crippen molar-refractivity contribution >= 4 is 11.9 Å². The highest BCUT2D eigenvalue weighted by molar-refractivity contribution is 5.96. The first-order valence-electron chi connectivity index (χ1n) is 6.15.